The van der Waals surface area contributed by atoms with Gasteiger partial charge in [0.25, 0.3) is 20.0 Å². The molecule has 2 aromatic heterocycles. The van der Waals surface area contributed by atoms with E-state index in [9.17, 15) is 14.4 Å². The fourth-order valence-electron chi connectivity index (χ4n) is 8.82. The molecule has 1 aliphatic heterocycles. The van der Waals surface area contributed by atoms with Crippen LogP contribution in [0, 0.1) is 5.41 Å². The number of nitrogens with one attached hydrogen (secondary N) is 2. The van der Waals surface area contributed by atoms with Gasteiger partial charge in [-0.05, 0) is 98.9 Å². The van der Waals surface area contributed by atoms with Crippen molar-refractivity contribution in [2.45, 2.75) is 130 Å². The molecule has 4 aromatic carbocycles. The van der Waals surface area contributed by atoms with Crippen LogP contribution in [0.2, 0.25) is 18.1 Å². The van der Waals surface area contributed by atoms with Crippen molar-refractivity contribution in [3.63, 3.8) is 0 Å². The number of nitrogens with zero attached hydrogens (tertiary/aromatic N) is 4. The number of methoxy groups -OCH3 is 2. The number of ether oxygens (including phenoxy) is 5. The molecule has 1 aliphatic rings. The van der Waals surface area contributed by atoms with Gasteiger partial charge >= 0.3 is 0 Å². The Kier molecular flexibility index (Phi) is 19.9. The molecule has 420 valence electrons. The van der Waals surface area contributed by atoms with Gasteiger partial charge in [0, 0.05) is 23.3 Å². The first-order valence-corrected chi connectivity index (χ1v) is 31.3. The molecule has 20 heteroatoms. The molecule has 7 rings (SSSR count). The van der Waals surface area contributed by atoms with Gasteiger partial charge in [0.15, 0.2) is 37.4 Å². The summed E-state index contributed by atoms with van der Waals surface area (Å²) in [5, 5.41) is 2.46. The SMILES string of the molecule is COc1ccc(C(OC[C@H]2O[C@@H](n3cnc4c(=O)[nH]c(NC(=O)COc5ccccc5)nc43)[C@@H](O[Si](C)(C)C(C)(C)C)[C@H]2OP(OCCSC(=O)C(C)(C)C)N(C(C)C)C(C)C)(c2ccccc2)c2ccc(OC)cc2)cc1. The third kappa shape index (κ3) is 14.1. The lowest BCUT2D eigenvalue weighted by atomic mass is 9.80. The fourth-order valence-corrected chi connectivity index (χ4v) is 12.8. The number of carbonyl (C=O) groups is 2. The van der Waals surface area contributed by atoms with Crippen LogP contribution in [-0.4, -0.2) is 114 Å². The lowest BCUT2D eigenvalue weighted by Crippen LogP contribution is -2.50. The molecule has 1 saturated heterocycles. The second-order valence-electron chi connectivity index (χ2n) is 22.2. The highest BCUT2D eigenvalue weighted by atomic mass is 32.2. The Balaban J connectivity index is 1.39. The van der Waals surface area contributed by atoms with Gasteiger partial charge in [-0.1, -0.05) is 126 Å². The molecule has 0 bridgehead atoms. The average Bonchev–Trinajstić information content (AvgIpc) is 4.18. The molecule has 0 saturated carbocycles. The predicted molar refractivity (Wildman–Crippen MR) is 310 cm³/mol. The van der Waals surface area contributed by atoms with Crippen LogP contribution in [0.3, 0.4) is 0 Å². The molecule has 1 amide bonds. The molecular weight excluding hydrogens is 1050 g/mol. The van der Waals surface area contributed by atoms with Gasteiger partial charge in [0.2, 0.25) is 5.95 Å². The number of thioether (sulfide) groups is 1. The Hall–Kier alpha value is -5.47. The Morgan fingerprint density at radius 2 is 1.37 bits per heavy atom. The number of H-pyrrole nitrogens is 1. The monoisotopic (exact) mass is 1120 g/mol. The van der Waals surface area contributed by atoms with Gasteiger partial charge < -0.3 is 37.2 Å². The van der Waals surface area contributed by atoms with Crippen molar-refractivity contribution in [1.82, 2.24) is 24.2 Å². The first-order valence-electron chi connectivity index (χ1n) is 26.3. The number of benzene rings is 4. The number of para-hydroxylation sites is 1. The number of rotatable bonds is 24. The third-order valence-electron chi connectivity index (χ3n) is 13.8. The van der Waals surface area contributed by atoms with Crippen LogP contribution in [-0.2, 0) is 38.1 Å². The van der Waals surface area contributed by atoms with Crippen molar-refractivity contribution in [2.24, 2.45) is 5.41 Å². The second kappa shape index (κ2) is 25.8. The van der Waals surface area contributed by atoms with Crippen molar-refractivity contribution in [2.75, 3.05) is 45.1 Å². The maximum atomic E-state index is 13.9. The van der Waals surface area contributed by atoms with E-state index >= 15 is 0 Å². The molecule has 0 aliphatic carbocycles. The molecule has 1 fully saturated rings. The molecule has 2 N–H and O–H groups in total. The van der Waals surface area contributed by atoms with Gasteiger partial charge in [0.05, 0.1) is 33.8 Å². The Bertz CT molecular complexity index is 2910. The molecule has 0 radical (unpaired) electrons. The molecule has 6 aromatic rings. The fraction of sp³-hybridized carbons (Fsp3) is 0.466. The Morgan fingerprint density at radius 3 is 1.91 bits per heavy atom. The van der Waals surface area contributed by atoms with Crippen molar-refractivity contribution in [3.8, 4) is 17.2 Å². The molecule has 1 unspecified atom stereocenters. The number of hydrogen-bond acceptors (Lipinski definition) is 15. The summed E-state index contributed by atoms with van der Waals surface area (Å²) >= 11 is 1.24. The first kappa shape index (κ1) is 60.2. The minimum absolute atomic E-state index is 0.0150. The normalized spacial score (nSPS) is 17.7. The maximum absolute atomic E-state index is 13.9. The summed E-state index contributed by atoms with van der Waals surface area (Å²) < 4.78 is 57.8. The molecule has 5 atom stereocenters. The highest BCUT2D eigenvalue weighted by Crippen LogP contribution is 2.53. The zero-order valence-electron chi connectivity index (χ0n) is 47.4. The van der Waals surface area contributed by atoms with Gasteiger partial charge in [-0.2, -0.15) is 4.98 Å². The lowest BCUT2D eigenvalue weighted by molar-refractivity contribution is -0.118. The van der Waals surface area contributed by atoms with Crippen molar-refractivity contribution in [1.29, 1.82) is 0 Å². The van der Waals surface area contributed by atoms with Crippen LogP contribution >= 0.6 is 20.3 Å². The van der Waals surface area contributed by atoms with E-state index < -0.39 is 63.9 Å². The summed E-state index contributed by atoms with van der Waals surface area (Å²) in [6.07, 6.45) is -2.23. The van der Waals surface area contributed by atoms with E-state index in [2.05, 4.69) is 81.5 Å². The molecule has 3 heterocycles. The van der Waals surface area contributed by atoms with Gasteiger partial charge in [-0.25, -0.2) is 9.65 Å². The predicted octanol–water partition coefficient (Wildman–Crippen LogP) is 11.5. The van der Waals surface area contributed by atoms with Crippen molar-refractivity contribution >= 4 is 56.7 Å². The quantitative estimate of drug-likeness (QED) is 0.0252. The zero-order valence-corrected chi connectivity index (χ0v) is 50.1. The van der Waals surface area contributed by atoms with E-state index in [0.717, 1.165) is 16.7 Å². The molecule has 17 nitrogen and oxygen atoms in total. The van der Waals surface area contributed by atoms with Crippen LogP contribution in [0.1, 0.15) is 92.2 Å². The average molecular weight is 1130 g/mol. The Labute approximate surface area is 465 Å². The number of imidazole rings is 1. The van der Waals surface area contributed by atoms with Gasteiger partial charge in [0.1, 0.15) is 41.2 Å². The van der Waals surface area contributed by atoms with Crippen molar-refractivity contribution in [3.05, 3.63) is 143 Å². The first-order chi connectivity index (χ1) is 37.0. The summed E-state index contributed by atoms with van der Waals surface area (Å²) in [4.78, 5) is 52.4. The number of fused-ring (bicyclic) bond motifs is 1. The number of carbonyl (C=O) groups excluding carboxylic acids is 2. The van der Waals surface area contributed by atoms with Crippen LogP contribution in [0.5, 0.6) is 17.2 Å². The summed E-state index contributed by atoms with van der Waals surface area (Å²) in [6, 6.07) is 34.5. The van der Waals surface area contributed by atoms with Gasteiger partial charge in [-0.3, -0.25) is 29.3 Å². The number of amides is 1. The van der Waals surface area contributed by atoms with E-state index in [4.69, 9.17) is 42.1 Å². The topological polar surface area (TPSA) is 187 Å². The van der Waals surface area contributed by atoms with Crippen LogP contribution in [0.4, 0.5) is 5.95 Å². The van der Waals surface area contributed by atoms with Crippen LogP contribution in [0.25, 0.3) is 11.2 Å². The van der Waals surface area contributed by atoms with E-state index in [1.807, 2.05) is 106 Å². The highest BCUT2D eigenvalue weighted by Gasteiger charge is 2.55. The van der Waals surface area contributed by atoms with E-state index in [1.165, 1.54) is 18.1 Å². The van der Waals surface area contributed by atoms with Crippen LogP contribution in [0.15, 0.2) is 120 Å². The zero-order chi connectivity index (χ0) is 56.6. The minimum atomic E-state index is -2.77. The van der Waals surface area contributed by atoms with Crippen LogP contribution < -0.4 is 25.1 Å². The van der Waals surface area contributed by atoms with E-state index in [1.54, 1.807) is 43.1 Å². The summed E-state index contributed by atoms with van der Waals surface area (Å²) in [6.45, 7) is 24.7. The largest absolute Gasteiger partial charge is 0.497 e. The highest BCUT2D eigenvalue weighted by molar-refractivity contribution is 8.13. The van der Waals surface area contributed by atoms with Crippen molar-refractivity contribution < 1.29 is 46.7 Å². The standard InChI is InChI=1S/C58H77N6O11PSSi/c1-38(2)64(39(3)4)76(72-33-34-77-54(67)56(5,6)7)74-49-46(35-71-58(40-21-17-15-18-22-40,41-25-29-43(68-11)30-26-41)42-27-31-44(69-12)32-28-42)73-53(50(49)75-78(13,14)57(8,9)10)63-37-59-48-51(63)61-55(62-52(48)66)60-47(65)36-70-45-23-19-16-20-24-45/h15-32,37-39,46,49-50,53H,33-36H2,1-14H3,(H2,60,61,62,65,66)/t46-,49+,50+,53-,76?/m1/s1. The van der Waals surface area contributed by atoms with E-state index in [-0.39, 0.29) is 59.2 Å². The molecule has 78 heavy (non-hydrogen) atoms. The maximum Gasteiger partial charge on any atom is 0.280 e. The summed E-state index contributed by atoms with van der Waals surface area (Å²) in [5.74, 6) is 1.61. The number of hydrogen-bond donors (Lipinski definition) is 2. The molecular formula is C58H77N6O11PSSi. The van der Waals surface area contributed by atoms with E-state index in [0.29, 0.717) is 23.0 Å². The number of aromatic amines is 1. The molecule has 0 spiro atoms. The number of anilines is 1. The second-order valence-corrected chi connectivity index (χ2v) is 29.4. The summed E-state index contributed by atoms with van der Waals surface area (Å²) in [5.41, 5.74) is 0.246. The Morgan fingerprint density at radius 1 is 0.808 bits per heavy atom. The number of aromatic nitrogens is 4. The van der Waals surface area contributed by atoms with Gasteiger partial charge in [-0.15, -0.1) is 0 Å². The lowest BCUT2D eigenvalue weighted by Gasteiger charge is -2.42. The smallest absolute Gasteiger partial charge is 0.280 e. The minimum Gasteiger partial charge on any atom is -0.497 e. The third-order valence-corrected chi connectivity index (χ3v) is 21.7. The summed E-state index contributed by atoms with van der Waals surface area (Å²) in [7, 11) is -1.41.